The van der Waals surface area contributed by atoms with Crippen LogP contribution in [0, 0.1) is 0 Å². The quantitative estimate of drug-likeness (QED) is 0.466. The van der Waals surface area contributed by atoms with Gasteiger partial charge >= 0.3 is 0 Å². The molecule has 1 unspecified atom stereocenters. The summed E-state index contributed by atoms with van der Waals surface area (Å²) in [6.45, 7) is 3.91. The second-order valence-electron chi connectivity index (χ2n) is 2.43. The molecule has 0 bridgehead atoms. The third kappa shape index (κ3) is 3.42. The van der Waals surface area contributed by atoms with E-state index in [4.69, 9.17) is 11.5 Å². The van der Waals surface area contributed by atoms with Crippen molar-refractivity contribution >= 4 is 5.91 Å². The van der Waals surface area contributed by atoms with Gasteiger partial charge in [-0.05, 0) is 13.8 Å². The van der Waals surface area contributed by atoms with E-state index in [1.807, 2.05) is 6.92 Å². The van der Waals surface area contributed by atoms with E-state index in [0.29, 0.717) is 6.54 Å². The molecule has 1 amide bonds. The molecule has 0 saturated heterocycles. The third-order valence-electron chi connectivity index (χ3n) is 1.16. The Hall–Kier alpha value is -0.610. The molecule has 0 heterocycles. The highest BCUT2D eigenvalue weighted by molar-refractivity contribution is 5.81. The minimum Gasteiger partial charge on any atom is -0.351 e. The molecule has 4 nitrogen and oxygen atoms in total. The Labute approximate surface area is 61.0 Å². The molecule has 10 heavy (non-hydrogen) atoms. The van der Waals surface area contributed by atoms with Crippen LogP contribution in [0.25, 0.3) is 0 Å². The van der Waals surface area contributed by atoms with Crippen LogP contribution in [0.5, 0.6) is 0 Å². The first kappa shape index (κ1) is 9.39. The molecule has 60 valence electrons. The van der Waals surface area contributed by atoms with Crippen molar-refractivity contribution in [3.8, 4) is 0 Å². The predicted molar refractivity (Wildman–Crippen MR) is 40.3 cm³/mol. The van der Waals surface area contributed by atoms with E-state index in [-0.39, 0.29) is 11.9 Å². The van der Waals surface area contributed by atoms with Gasteiger partial charge in [-0.3, -0.25) is 4.79 Å². The lowest BCUT2D eigenvalue weighted by Crippen LogP contribution is -2.45. The van der Waals surface area contributed by atoms with Crippen LogP contribution in [0.1, 0.15) is 13.8 Å². The van der Waals surface area contributed by atoms with Gasteiger partial charge in [0.1, 0.15) is 0 Å². The van der Waals surface area contributed by atoms with E-state index < -0.39 is 6.04 Å². The lowest BCUT2D eigenvalue weighted by Gasteiger charge is -2.12. The first-order chi connectivity index (χ1) is 4.57. The predicted octanol–water partition coefficient (Wildman–Crippen LogP) is -1.20. The number of rotatable bonds is 3. The molecular weight excluding hydrogens is 130 g/mol. The summed E-state index contributed by atoms with van der Waals surface area (Å²) < 4.78 is 0. The summed E-state index contributed by atoms with van der Waals surface area (Å²) in [5.41, 5.74) is 10.6. The van der Waals surface area contributed by atoms with Crippen LogP contribution in [-0.2, 0) is 4.79 Å². The van der Waals surface area contributed by atoms with Crippen molar-refractivity contribution in [3.05, 3.63) is 0 Å². The average molecular weight is 145 g/mol. The van der Waals surface area contributed by atoms with Gasteiger partial charge in [-0.2, -0.15) is 0 Å². The minimum absolute atomic E-state index is 0.0125. The van der Waals surface area contributed by atoms with Crippen LogP contribution >= 0.6 is 0 Å². The maximum atomic E-state index is 10.8. The van der Waals surface area contributed by atoms with E-state index in [1.165, 1.54) is 0 Å². The first-order valence-corrected chi connectivity index (χ1v) is 3.34. The molecule has 0 aromatic carbocycles. The summed E-state index contributed by atoms with van der Waals surface area (Å²) in [6.07, 6.45) is 0. The second kappa shape index (κ2) is 4.24. The maximum absolute atomic E-state index is 10.8. The van der Waals surface area contributed by atoms with Crippen LogP contribution in [0.3, 0.4) is 0 Å². The van der Waals surface area contributed by atoms with Crippen LogP contribution in [0.2, 0.25) is 0 Å². The molecule has 0 aromatic heterocycles. The van der Waals surface area contributed by atoms with Gasteiger partial charge in [-0.15, -0.1) is 0 Å². The van der Waals surface area contributed by atoms with Crippen LogP contribution in [-0.4, -0.2) is 24.5 Å². The number of nitrogens with two attached hydrogens (primary N) is 2. The van der Waals surface area contributed by atoms with Crippen LogP contribution in [0.4, 0.5) is 0 Å². The Morgan fingerprint density at radius 3 is 2.40 bits per heavy atom. The Morgan fingerprint density at radius 1 is 1.60 bits per heavy atom. The fourth-order valence-electron chi connectivity index (χ4n) is 0.433. The standard InChI is InChI=1S/C6H15N3O/c1-4(3-7)9-6(10)5(2)8/h4-5H,3,7-8H2,1-2H3,(H,9,10)/t4?,5-/m0/s1. The van der Waals surface area contributed by atoms with Gasteiger partial charge in [0.25, 0.3) is 0 Å². The highest BCUT2D eigenvalue weighted by Crippen LogP contribution is 1.79. The average Bonchev–Trinajstić information content (AvgIpc) is 1.87. The van der Waals surface area contributed by atoms with Gasteiger partial charge < -0.3 is 16.8 Å². The summed E-state index contributed by atoms with van der Waals surface area (Å²) in [4.78, 5) is 10.8. The van der Waals surface area contributed by atoms with E-state index in [9.17, 15) is 4.79 Å². The molecule has 0 aliphatic rings. The number of hydrogen-bond acceptors (Lipinski definition) is 3. The van der Waals surface area contributed by atoms with E-state index in [1.54, 1.807) is 6.92 Å². The SMILES string of the molecule is CC(CN)NC(=O)[C@H](C)N. The van der Waals surface area contributed by atoms with Gasteiger partial charge in [-0.25, -0.2) is 0 Å². The molecule has 0 fully saturated rings. The summed E-state index contributed by atoms with van der Waals surface area (Å²) in [5, 5.41) is 2.64. The Morgan fingerprint density at radius 2 is 2.10 bits per heavy atom. The topological polar surface area (TPSA) is 81.1 Å². The fourth-order valence-corrected chi connectivity index (χ4v) is 0.433. The highest BCUT2D eigenvalue weighted by atomic mass is 16.2. The Balaban J connectivity index is 3.57. The van der Waals surface area contributed by atoms with Gasteiger partial charge in [-0.1, -0.05) is 0 Å². The molecule has 0 saturated carbocycles. The summed E-state index contributed by atoms with van der Waals surface area (Å²) in [6, 6.07) is -0.438. The largest absolute Gasteiger partial charge is 0.351 e. The summed E-state index contributed by atoms with van der Waals surface area (Å²) in [7, 11) is 0. The minimum atomic E-state index is -0.450. The van der Waals surface area contributed by atoms with Crippen molar-refractivity contribution in [1.29, 1.82) is 0 Å². The zero-order valence-electron chi connectivity index (χ0n) is 6.42. The number of amides is 1. The number of carbonyl (C=O) groups excluding carboxylic acids is 1. The van der Waals surface area contributed by atoms with Crippen molar-refractivity contribution in [2.75, 3.05) is 6.54 Å². The highest BCUT2D eigenvalue weighted by Gasteiger charge is 2.08. The maximum Gasteiger partial charge on any atom is 0.236 e. The number of carbonyl (C=O) groups is 1. The van der Waals surface area contributed by atoms with E-state index >= 15 is 0 Å². The van der Waals surface area contributed by atoms with Gasteiger partial charge in [0.05, 0.1) is 6.04 Å². The molecule has 0 radical (unpaired) electrons. The van der Waals surface area contributed by atoms with Crippen LogP contribution < -0.4 is 16.8 Å². The Kier molecular flexibility index (Phi) is 3.99. The molecule has 4 heteroatoms. The van der Waals surface area contributed by atoms with Crippen molar-refractivity contribution in [1.82, 2.24) is 5.32 Å². The van der Waals surface area contributed by atoms with E-state index in [2.05, 4.69) is 5.32 Å². The van der Waals surface area contributed by atoms with Crippen molar-refractivity contribution in [3.63, 3.8) is 0 Å². The molecule has 0 aliphatic heterocycles. The lowest BCUT2D eigenvalue weighted by atomic mass is 10.3. The van der Waals surface area contributed by atoms with Gasteiger partial charge in [0, 0.05) is 12.6 Å². The van der Waals surface area contributed by atoms with Gasteiger partial charge in [0.15, 0.2) is 0 Å². The van der Waals surface area contributed by atoms with Crippen LogP contribution in [0.15, 0.2) is 0 Å². The normalized spacial score (nSPS) is 16.0. The van der Waals surface area contributed by atoms with Crippen molar-refractivity contribution < 1.29 is 4.79 Å². The number of hydrogen-bond donors (Lipinski definition) is 3. The molecule has 5 N–H and O–H groups in total. The lowest BCUT2D eigenvalue weighted by molar-refractivity contribution is -0.122. The molecule has 0 aromatic rings. The smallest absolute Gasteiger partial charge is 0.236 e. The van der Waals surface area contributed by atoms with Crippen molar-refractivity contribution in [2.24, 2.45) is 11.5 Å². The van der Waals surface area contributed by atoms with E-state index in [0.717, 1.165) is 0 Å². The molecular formula is C6H15N3O. The zero-order chi connectivity index (χ0) is 8.15. The summed E-state index contributed by atoms with van der Waals surface area (Å²) >= 11 is 0. The molecule has 0 spiro atoms. The monoisotopic (exact) mass is 145 g/mol. The molecule has 0 rings (SSSR count). The molecule has 2 atom stereocenters. The molecule has 0 aliphatic carbocycles. The summed E-state index contributed by atoms with van der Waals surface area (Å²) in [5.74, 6) is -0.155. The van der Waals surface area contributed by atoms with Gasteiger partial charge in [0.2, 0.25) is 5.91 Å². The zero-order valence-corrected chi connectivity index (χ0v) is 6.42. The second-order valence-corrected chi connectivity index (χ2v) is 2.43. The third-order valence-corrected chi connectivity index (χ3v) is 1.16. The van der Waals surface area contributed by atoms with Crippen molar-refractivity contribution in [2.45, 2.75) is 25.9 Å². The Bertz CT molecular complexity index is 114. The fraction of sp³-hybridized carbons (Fsp3) is 0.833. The first-order valence-electron chi connectivity index (χ1n) is 3.34. The number of nitrogens with one attached hydrogen (secondary N) is 1.